The fourth-order valence-corrected chi connectivity index (χ4v) is 2.82. The molecular weight excluding hydrogens is 332 g/mol. The van der Waals surface area contributed by atoms with Crippen LogP contribution in [0.1, 0.15) is 34.2 Å². The van der Waals surface area contributed by atoms with E-state index in [1.807, 2.05) is 37.3 Å². The van der Waals surface area contributed by atoms with E-state index in [-0.39, 0.29) is 16.4 Å². The first kappa shape index (κ1) is 17.5. The summed E-state index contributed by atoms with van der Waals surface area (Å²) < 4.78 is 11.2. The zero-order valence-electron chi connectivity index (χ0n) is 14.5. The molecule has 0 atom stereocenters. The average Bonchev–Trinajstić information content (AvgIpc) is 2.66. The molecule has 26 heavy (non-hydrogen) atoms. The number of carbonyl (C=O) groups is 1. The molecule has 3 aromatic rings. The van der Waals surface area contributed by atoms with E-state index in [1.165, 1.54) is 18.2 Å². The van der Waals surface area contributed by atoms with Crippen LogP contribution in [0.15, 0.2) is 51.7 Å². The number of carboxylic acid groups (broad SMARTS) is 1. The molecule has 0 amide bonds. The Morgan fingerprint density at radius 2 is 1.96 bits per heavy atom. The molecule has 0 unspecified atom stereocenters. The van der Waals surface area contributed by atoms with Crippen molar-refractivity contribution in [1.82, 2.24) is 0 Å². The van der Waals surface area contributed by atoms with Crippen molar-refractivity contribution in [3.63, 3.8) is 0 Å². The molecule has 1 heterocycles. The maximum Gasteiger partial charge on any atom is 0.335 e. The molecule has 0 radical (unpaired) electrons. The zero-order chi connectivity index (χ0) is 18.7. The zero-order valence-corrected chi connectivity index (χ0v) is 14.5. The Bertz CT molecular complexity index is 1060. The van der Waals surface area contributed by atoms with Crippen LogP contribution in [0, 0.1) is 0 Å². The van der Waals surface area contributed by atoms with E-state index in [4.69, 9.17) is 14.3 Å². The number of ether oxygens (including phenoxy) is 1. The van der Waals surface area contributed by atoms with Gasteiger partial charge in [0, 0.05) is 11.1 Å². The predicted molar refractivity (Wildman–Crippen MR) is 101 cm³/mol. The third-order valence-corrected chi connectivity index (χ3v) is 4.17. The number of carboxylic acids is 1. The fourth-order valence-electron chi connectivity index (χ4n) is 2.82. The third-order valence-electron chi connectivity index (χ3n) is 4.17. The fraction of sp³-hybridized carbons (Fsp3) is 0.143. The van der Waals surface area contributed by atoms with Crippen molar-refractivity contribution in [2.75, 3.05) is 7.11 Å². The summed E-state index contributed by atoms with van der Waals surface area (Å²) in [7, 11) is 1.60. The lowest BCUT2D eigenvalue weighted by Gasteiger charge is -2.07. The minimum absolute atomic E-state index is 0.0594. The van der Waals surface area contributed by atoms with Gasteiger partial charge < -0.3 is 14.3 Å². The van der Waals surface area contributed by atoms with Gasteiger partial charge in [0.2, 0.25) is 0 Å². The summed E-state index contributed by atoms with van der Waals surface area (Å²) in [6.45, 7) is 1.86. The molecule has 0 saturated carbocycles. The molecule has 2 aromatic carbocycles. The minimum Gasteiger partial charge on any atom is -0.496 e. The van der Waals surface area contributed by atoms with Gasteiger partial charge in [0.1, 0.15) is 17.1 Å². The molecule has 0 aliphatic carbocycles. The predicted octanol–water partition coefficient (Wildman–Crippen LogP) is 4.23. The van der Waals surface area contributed by atoms with Crippen molar-refractivity contribution < 1.29 is 19.1 Å². The lowest BCUT2D eigenvalue weighted by molar-refractivity contribution is 0.0697. The van der Waals surface area contributed by atoms with Crippen molar-refractivity contribution in [3.8, 4) is 5.75 Å². The van der Waals surface area contributed by atoms with Gasteiger partial charge in [-0.15, -0.1) is 0 Å². The van der Waals surface area contributed by atoms with Crippen LogP contribution in [0.2, 0.25) is 0 Å². The van der Waals surface area contributed by atoms with Gasteiger partial charge in [-0.05, 0) is 42.8 Å². The highest BCUT2D eigenvalue weighted by molar-refractivity contribution is 5.93. The highest BCUT2D eigenvalue weighted by Gasteiger charge is 2.13. The van der Waals surface area contributed by atoms with Gasteiger partial charge in [0.15, 0.2) is 5.43 Å². The van der Waals surface area contributed by atoms with Gasteiger partial charge >= 0.3 is 5.97 Å². The van der Waals surface area contributed by atoms with Crippen LogP contribution < -0.4 is 10.2 Å². The molecule has 0 spiro atoms. The number of fused-ring (bicyclic) bond motifs is 1. The Kier molecular flexibility index (Phi) is 4.89. The largest absolute Gasteiger partial charge is 0.496 e. The van der Waals surface area contributed by atoms with Gasteiger partial charge in [-0.2, -0.15) is 0 Å². The number of methoxy groups -OCH3 is 1. The van der Waals surface area contributed by atoms with Crippen molar-refractivity contribution in [1.29, 1.82) is 0 Å². The van der Waals surface area contributed by atoms with Crippen molar-refractivity contribution in [2.24, 2.45) is 0 Å². The normalized spacial score (nSPS) is 11.2. The van der Waals surface area contributed by atoms with E-state index in [0.717, 1.165) is 11.3 Å². The van der Waals surface area contributed by atoms with E-state index in [9.17, 15) is 9.59 Å². The van der Waals surface area contributed by atoms with Crippen LogP contribution in [0.25, 0.3) is 23.1 Å². The summed E-state index contributed by atoms with van der Waals surface area (Å²) in [5.41, 5.74) is 1.57. The number of benzene rings is 2. The number of hydrogen-bond acceptors (Lipinski definition) is 4. The molecule has 5 heteroatoms. The smallest absolute Gasteiger partial charge is 0.335 e. The van der Waals surface area contributed by atoms with Crippen molar-refractivity contribution in [3.05, 3.63) is 75.1 Å². The quantitative estimate of drug-likeness (QED) is 0.745. The second-order valence-corrected chi connectivity index (χ2v) is 5.72. The van der Waals surface area contributed by atoms with Gasteiger partial charge in [-0.1, -0.05) is 25.1 Å². The van der Waals surface area contributed by atoms with Crippen LogP contribution in [-0.4, -0.2) is 18.2 Å². The molecular formula is C21H18O5. The van der Waals surface area contributed by atoms with Gasteiger partial charge in [-0.25, -0.2) is 4.79 Å². The summed E-state index contributed by atoms with van der Waals surface area (Å²) in [6.07, 6.45) is 4.04. The first-order chi connectivity index (χ1) is 12.5. The molecule has 0 saturated heterocycles. The van der Waals surface area contributed by atoms with Crippen LogP contribution in [0.4, 0.5) is 0 Å². The van der Waals surface area contributed by atoms with E-state index in [1.54, 1.807) is 13.2 Å². The Morgan fingerprint density at radius 1 is 1.19 bits per heavy atom. The maximum absolute atomic E-state index is 12.8. The third kappa shape index (κ3) is 3.24. The first-order valence-electron chi connectivity index (χ1n) is 8.19. The first-order valence-corrected chi connectivity index (χ1v) is 8.19. The highest BCUT2D eigenvalue weighted by atomic mass is 16.5. The second-order valence-electron chi connectivity index (χ2n) is 5.72. The summed E-state index contributed by atoms with van der Waals surface area (Å²) in [5.74, 6) is 0.0968. The monoisotopic (exact) mass is 350 g/mol. The number of rotatable bonds is 5. The number of hydrogen-bond donors (Lipinski definition) is 1. The molecule has 0 fully saturated rings. The molecule has 0 bridgehead atoms. The Hall–Kier alpha value is -3.34. The molecule has 3 rings (SSSR count). The number of aromatic carboxylic acids is 1. The van der Waals surface area contributed by atoms with Crippen molar-refractivity contribution in [2.45, 2.75) is 13.3 Å². The minimum atomic E-state index is -1.08. The molecule has 132 valence electrons. The summed E-state index contributed by atoms with van der Waals surface area (Å²) in [5, 5.41) is 9.39. The number of para-hydroxylation sites is 1. The highest BCUT2D eigenvalue weighted by Crippen LogP contribution is 2.23. The van der Waals surface area contributed by atoms with Crippen molar-refractivity contribution >= 4 is 29.1 Å². The summed E-state index contributed by atoms with van der Waals surface area (Å²) >= 11 is 0. The van der Waals surface area contributed by atoms with Crippen LogP contribution in [-0.2, 0) is 6.42 Å². The van der Waals surface area contributed by atoms with E-state index in [2.05, 4.69) is 0 Å². The van der Waals surface area contributed by atoms with Crippen LogP contribution in [0.5, 0.6) is 5.75 Å². The average molecular weight is 350 g/mol. The molecule has 5 nitrogen and oxygen atoms in total. The standard InChI is InChI=1S/C21H18O5/c1-3-15-18(10-8-13-6-4-5-7-17(13)25-2)26-19-11-9-14(21(23)24)12-16(19)20(15)22/h4-12H,3H2,1-2H3,(H,23,24). The van der Waals surface area contributed by atoms with Gasteiger partial charge in [0.05, 0.1) is 18.1 Å². The lowest BCUT2D eigenvalue weighted by atomic mass is 10.0. The van der Waals surface area contributed by atoms with Gasteiger partial charge in [0.25, 0.3) is 0 Å². The maximum atomic E-state index is 12.8. The van der Waals surface area contributed by atoms with Crippen LogP contribution >= 0.6 is 0 Å². The molecule has 1 N–H and O–H groups in total. The van der Waals surface area contributed by atoms with E-state index < -0.39 is 5.97 Å². The lowest BCUT2D eigenvalue weighted by Crippen LogP contribution is -2.11. The summed E-state index contributed by atoms with van der Waals surface area (Å²) in [4.78, 5) is 23.9. The Labute approximate surface area is 150 Å². The molecule has 0 aliphatic heterocycles. The second kappa shape index (κ2) is 7.27. The van der Waals surface area contributed by atoms with Gasteiger partial charge in [-0.3, -0.25) is 4.79 Å². The Balaban J connectivity index is 2.14. The van der Waals surface area contributed by atoms with Crippen LogP contribution in [0.3, 0.4) is 0 Å². The SMILES string of the molecule is CCc1c(C=Cc2ccccc2OC)oc2ccc(C(=O)O)cc2c1=O. The molecule has 1 aromatic heterocycles. The summed E-state index contributed by atoms with van der Waals surface area (Å²) in [6, 6.07) is 11.8. The van der Waals surface area contributed by atoms with E-state index >= 15 is 0 Å². The Morgan fingerprint density at radius 3 is 2.65 bits per heavy atom. The van der Waals surface area contributed by atoms with E-state index in [0.29, 0.717) is 23.3 Å². The topological polar surface area (TPSA) is 76.7 Å². The molecule has 0 aliphatic rings.